The molecule has 0 spiro atoms. The average molecular weight is 415 g/mol. The number of urea groups is 1. The first-order chi connectivity index (χ1) is 13.7. The Hall–Kier alpha value is -2.72. The molecule has 3 N–H and O–H groups in total. The highest BCUT2D eigenvalue weighted by molar-refractivity contribution is 8.01. The van der Waals surface area contributed by atoms with Gasteiger partial charge in [0.15, 0.2) is 16.1 Å². The molecule has 1 fully saturated rings. The second-order valence-corrected chi connectivity index (χ2v) is 8.65. The quantitative estimate of drug-likeness (QED) is 0.514. The number of imidazole rings is 1. The van der Waals surface area contributed by atoms with Crippen LogP contribution < -0.4 is 10.6 Å². The smallest absolute Gasteiger partial charge is 0.325 e. The van der Waals surface area contributed by atoms with Gasteiger partial charge < -0.3 is 10.3 Å². The van der Waals surface area contributed by atoms with Gasteiger partial charge in [-0.1, -0.05) is 24.2 Å². The molecule has 1 saturated carbocycles. The van der Waals surface area contributed by atoms with Gasteiger partial charge in [0, 0.05) is 30.1 Å². The van der Waals surface area contributed by atoms with Crippen molar-refractivity contribution >= 4 is 45.7 Å². The number of hydrogen-bond donors (Lipinski definition) is 3. The number of nitrogens with one attached hydrogen (secondary N) is 3. The van der Waals surface area contributed by atoms with Gasteiger partial charge >= 0.3 is 6.03 Å². The van der Waals surface area contributed by atoms with E-state index in [-0.39, 0.29) is 11.7 Å². The summed E-state index contributed by atoms with van der Waals surface area (Å²) in [5, 5.41) is 6.64. The van der Waals surface area contributed by atoms with E-state index in [9.17, 15) is 9.59 Å². The number of carbonyl (C=O) groups excluding carboxylic acids is 2. The zero-order valence-electron chi connectivity index (χ0n) is 14.8. The highest BCUT2D eigenvalue weighted by Gasteiger charge is 2.26. The molecule has 28 heavy (non-hydrogen) atoms. The number of H-pyrrole nitrogens is 1. The van der Waals surface area contributed by atoms with Crippen molar-refractivity contribution in [1.82, 2.24) is 19.9 Å². The van der Waals surface area contributed by atoms with E-state index in [1.54, 1.807) is 30.9 Å². The summed E-state index contributed by atoms with van der Waals surface area (Å²) in [4.78, 5) is 40.5. The number of aromatic nitrogens is 4. The van der Waals surface area contributed by atoms with Gasteiger partial charge in [0.1, 0.15) is 0 Å². The Bertz CT molecular complexity index is 966. The van der Waals surface area contributed by atoms with Crippen LogP contribution in [0, 0.1) is 5.92 Å². The summed E-state index contributed by atoms with van der Waals surface area (Å²) >= 11 is 2.77. The maximum atomic E-state index is 12.7. The van der Waals surface area contributed by atoms with Crippen LogP contribution in [0.4, 0.5) is 15.6 Å². The van der Waals surface area contributed by atoms with Crippen LogP contribution in [-0.2, 0) is 0 Å². The van der Waals surface area contributed by atoms with Crippen LogP contribution >= 0.6 is 23.1 Å². The largest absolute Gasteiger partial charge is 0.339 e. The molecule has 3 aromatic rings. The predicted octanol–water partition coefficient (Wildman–Crippen LogP) is 4.43. The lowest BCUT2D eigenvalue weighted by atomic mass is 9.96. The Labute approximate surface area is 169 Å². The predicted molar refractivity (Wildman–Crippen MR) is 108 cm³/mol. The lowest BCUT2D eigenvalue weighted by molar-refractivity contribution is 0.0923. The van der Waals surface area contributed by atoms with Gasteiger partial charge in [-0.3, -0.25) is 15.1 Å². The minimum atomic E-state index is -0.461. The molecule has 4 rings (SSSR count). The van der Waals surface area contributed by atoms with E-state index in [0.29, 0.717) is 16.4 Å². The molecule has 1 aliphatic carbocycles. The summed E-state index contributed by atoms with van der Waals surface area (Å²) in [6, 6.07) is 1.20. The van der Waals surface area contributed by atoms with Gasteiger partial charge in [-0.05, 0) is 30.7 Å². The molecule has 0 atom stereocenters. The molecule has 0 aliphatic heterocycles. The van der Waals surface area contributed by atoms with Crippen molar-refractivity contribution in [2.45, 2.75) is 35.0 Å². The molecule has 0 radical (unpaired) electrons. The molecule has 0 saturated heterocycles. The number of amides is 2. The van der Waals surface area contributed by atoms with Crippen LogP contribution in [0.5, 0.6) is 0 Å². The van der Waals surface area contributed by atoms with Gasteiger partial charge in [-0.15, -0.1) is 0 Å². The first-order valence-electron chi connectivity index (χ1n) is 8.88. The van der Waals surface area contributed by atoms with Crippen molar-refractivity contribution in [3.8, 4) is 0 Å². The lowest BCUT2D eigenvalue weighted by Crippen LogP contribution is -2.22. The molecule has 144 valence electrons. The zero-order valence-corrected chi connectivity index (χ0v) is 16.5. The molecule has 3 aromatic heterocycles. The molecule has 2 amide bonds. The van der Waals surface area contributed by atoms with E-state index < -0.39 is 6.03 Å². The van der Waals surface area contributed by atoms with Gasteiger partial charge in [-0.2, -0.15) is 0 Å². The summed E-state index contributed by atoms with van der Waals surface area (Å²) in [5.74, 6) is 0.104. The van der Waals surface area contributed by atoms with Crippen LogP contribution in [0.2, 0.25) is 0 Å². The summed E-state index contributed by atoms with van der Waals surface area (Å²) < 4.78 is 0.892. The number of pyridine rings is 1. The second kappa shape index (κ2) is 8.53. The normalized spacial score (nSPS) is 14.1. The number of thiazole rings is 1. The Morgan fingerprint density at radius 3 is 2.79 bits per heavy atom. The van der Waals surface area contributed by atoms with E-state index in [2.05, 4.69) is 30.6 Å². The van der Waals surface area contributed by atoms with E-state index >= 15 is 0 Å². The molecule has 3 heterocycles. The Morgan fingerprint density at radius 2 is 2.00 bits per heavy atom. The molecule has 10 heteroatoms. The summed E-state index contributed by atoms with van der Waals surface area (Å²) in [5.41, 5.74) is 0.920. The van der Waals surface area contributed by atoms with Crippen LogP contribution in [0.15, 0.2) is 46.4 Å². The van der Waals surface area contributed by atoms with Crippen LogP contribution in [0.1, 0.15) is 36.0 Å². The average Bonchev–Trinajstić information content (AvgIpc) is 3.45. The topological polar surface area (TPSA) is 113 Å². The van der Waals surface area contributed by atoms with Gasteiger partial charge in [-0.25, -0.2) is 14.8 Å². The number of ketones is 1. The molecular weight excluding hydrogens is 396 g/mol. The number of nitrogens with zero attached hydrogens (tertiary/aromatic N) is 3. The van der Waals surface area contributed by atoms with Crippen molar-refractivity contribution in [2.75, 3.05) is 10.6 Å². The van der Waals surface area contributed by atoms with E-state index in [0.717, 1.165) is 35.0 Å². The van der Waals surface area contributed by atoms with Crippen LogP contribution in [-0.4, -0.2) is 31.8 Å². The van der Waals surface area contributed by atoms with Crippen molar-refractivity contribution in [2.24, 2.45) is 5.92 Å². The van der Waals surface area contributed by atoms with Crippen molar-refractivity contribution in [3.63, 3.8) is 0 Å². The maximum Gasteiger partial charge on any atom is 0.325 e. The molecule has 8 nitrogen and oxygen atoms in total. The second-order valence-electron chi connectivity index (χ2n) is 6.33. The van der Waals surface area contributed by atoms with E-state index in [1.165, 1.54) is 29.3 Å². The first kappa shape index (κ1) is 18.6. The minimum absolute atomic E-state index is 0.0335. The van der Waals surface area contributed by atoms with Crippen molar-refractivity contribution in [1.29, 1.82) is 0 Å². The molecule has 0 aromatic carbocycles. The summed E-state index contributed by atoms with van der Waals surface area (Å²) in [6.07, 6.45) is 12.1. The first-order valence-corrected chi connectivity index (χ1v) is 10.5. The fourth-order valence-corrected chi connectivity index (χ4v) is 4.86. The number of rotatable bonds is 6. The standard InChI is InChI=1S/C18H18N6O2S2/c25-15(11-3-1-2-4-11)12-5-6-19-9-13(12)23-16(26)24-18-22-10-14(28-18)27-17-20-7-8-21-17/h5-11H,1-4H2,(H,20,21)(H2,22,23,24,26). The van der Waals surface area contributed by atoms with Crippen LogP contribution in [0.25, 0.3) is 0 Å². The number of carbonyl (C=O) groups is 2. The zero-order chi connectivity index (χ0) is 19.3. The Kier molecular flexibility index (Phi) is 5.68. The monoisotopic (exact) mass is 414 g/mol. The molecule has 0 unspecified atom stereocenters. The van der Waals surface area contributed by atoms with Gasteiger partial charge in [0.2, 0.25) is 0 Å². The fourth-order valence-electron chi connectivity index (χ4n) is 3.13. The van der Waals surface area contributed by atoms with E-state index in [4.69, 9.17) is 0 Å². The summed E-state index contributed by atoms with van der Waals surface area (Å²) in [6.45, 7) is 0. The molecule has 1 aliphatic rings. The van der Waals surface area contributed by atoms with Crippen molar-refractivity contribution in [3.05, 3.63) is 42.6 Å². The number of hydrogen-bond acceptors (Lipinski definition) is 7. The lowest BCUT2D eigenvalue weighted by Gasteiger charge is -2.13. The Balaban J connectivity index is 1.40. The number of aromatic amines is 1. The van der Waals surface area contributed by atoms with Crippen molar-refractivity contribution < 1.29 is 9.59 Å². The highest BCUT2D eigenvalue weighted by atomic mass is 32.2. The third-order valence-electron chi connectivity index (χ3n) is 4.44. The highest BCUT2D eigenvalue weighted by Crippen LogP contribution is 2.32. The van der Waals surface area contributed by atoms with Gasteiger partial charge in [0.05, 0.1) is 22.3 Å². The molecular formula is C18H18N6O2S2. The Morgan fingerprint density at radius 1 is 1.14 bits per heavy atom. The maximum absolute atomic E-state index is 12.7. The molecule has 0 bridgehead atoms. The van der Waals surface area contributed by atoms with Crippen LogP contribution in [0.3, 0.4) is 0 Å². The van der Waals surface area contributed by atoms with Gasteiger partial charge in [0.25, 0.3) is 0 Å². The summed E-state index contributed by atoms with van der Waals surface area (Å²) in [7, 11) is 0. The number of anilines is 2. The minimum Gasteiger partial charge on any atom is -0.339 e. The SMILES string of the molecule is O=C(Nc1ncc(Sc2ncc[nH]2)s1)Nc1cnccc1C(=O)C1CCCC1. The third kappa shape index (κ3) is 4.39. The third-order valence-corrected chi connectivity index (χ3v) is 6.37. The fraction of sp³-hybridized carbons (Fsp3) is 0.278. The van der Waals surface area contributed by atoms with E-state index in [1.807, 2.05) is 0 Å². The number of Topliss-reactive ketones (excluding diaryl/α,β-unsaturated/α-hetero) is 1.